The zero-order valence-electron chi connectivity index (χ0n) is 14.8. The van der Waals surface area contributed by atoms with Crippen molar-refractivity contribution < 1.29 is 17.9 Å². The van der Waals surface area contributed by atoms with E-state index in [1.165, 1.54) is 23.5 Å². The minimum absolute atomic E-state index is 0.0495. The maximum atomic E-state index is 12.9. The first-order valence-corrected chi connectivity index (χ1v) is 9.60. The van der Waals surface area contributed by atoms with Crippen molar-refractivity contribution in [2.75, 3.05) is 20.2 Å². The Morgan fingerprint density at radius 3 is 2.33 bits per heavy atom. The van der Waals surface area contributed by atoms with E-state index >= 15 is 0 Å². The quantitative estimate of drug-likeness (QED) is 0.901. The molecule has 2 rings (SSSR count). The van der Waals surface area contributed by atoms with E-state index < -0.39 is 15.6 Å². The third-order valence-corrected chi connectivity index (χ3v) is 5.77. The Labute approximate surface area is 144 Å². The smallest absolute Gasteiger partial charge is 0.251 e. The second-order valence-electron chi connectivity index (χ2n) is 7.03. The molecule has 0 saturated carbocycles. The molecule has 1 N–H and O–H groups in total. The lowest BCUT2D eigenvalue weighted by Gasteiger charge is -2.27. The highest BCUT2D eigenvalue weighted by Gasteiger charge is 2.30. The van der Waals surface area contributed by atoms with Crippen LogP contribution in [0.25, 0.3) is 0 Å². The summed E-state index contributed by atoms with van der Waals surface area (Å²) in [6.45, 7) is 6.63. The third-order valence-electron chi connectivity index (χ3n) is 3.85. The number of methoxy groups -OCH3 is 1. The van der Waals surface area contributed by atoms with Crippen LogP contribution in [-0.4, -0.2) is 44.4 Å². The molecule has 0 radical (unpaired) electrons. The van der Waals surface area contributed by atoms with E-state index in [2.05, 4.69) is 5.32 Å². The van der Waals surface area contributed by atoms with Crippen molar-refractivity contribution in [2.24, 2.45) is 0 Å². The normalized spacial score (nSPS) is 16.7. The molecular formula is C17H26N2O4S. The summed E-state index contributed by atoms with van der Waals surface area (Å²) in [6.07, 6.45) is 2.74. The van der Waals surface area contributed by atoms with E-state index in [0.29, 0.717) is 18.7 Å². The second kappa shape index (κ2) is 7.11. The molecule has 7 heteroatoms. The second-order valence-corrected chi connectivity index (χ2v) is 8.94. The van der Waals surface area contributed by atoms with Gasteiger partial charge in [0, 0.05) is 24.2 Å². The van der Waals surface area contributed by atoms with Crippen LogP contribution in [0.1, 0.15) is 50.4 Å². The SMILES string of the molecule is COc1ccc(C(=O)NC(C)(C)C)cc1S(=O)(=O)N1CCCCC1. The van der Waals surface area contributed by atoms with Gasteiger partial charge in [0.2, 0.25) is 10.0 Å². The van der Waals surface area contributed by atoms with Gasteiger partial charge in [-0.15, -0.1) is 0 Å². The standard InChI is InChI=1S/C17H26N2O4S/c1-17(2,3)18-16(20)13-8-9-14(23-4)15(12-13)24(21,22)19-10-6-5-7-11-19/h8-9,12H,5-7,10-11H2,1-4H3,(H,18,20). The molecule has 0 bridgehead atoms. The highest BCUT2D eigenvalue weighted by molar-refractivity contribution is 7.89. The van der Waals surface area contributed by atoms with Gasteiger partial charge < -0.3 is 10.1 Å². The summed E-state index contributed by atoms with van der Waals surface area (Å²) in [5, 5.41) is 2.84. The zero-order valence-corrected chi connectivity index (χ0v) is 15.6. The van der Waals surface area contributed by atoms with Gasteiger partial charge in [-0.1, -0.05) is 6.42 Å². The first kappa shape index (κ1) is 18.7. The maximum Gasteiger partial charge on any atom is 0.251 e. The van der Waals surface area contributed by atoms with Crippen molar-refractivity contribution in [1.82, 2.24) is 9.62 Å². The first-order valence-electron chi connectivity index (χ1n) is 8.16. The predicted octanol–water partition coefficient (Wildman–Crippen LogP) is 2.40. The van der Waals surface area contributed by atoms with Crippen LogP contribution in [0.3, 0.4) is 0 Å². The van der Waals surface area contributed by atoms with Gasteiger partial charge in [0.25, 0.3) is 5.91 Å². The van der Waals surface area contributed by atoms with Crippen LogP contribution in [-0.2, 0) is 10.0 Å². The van der Waals surface area contributed by atoms with Gasteiger partial charge in [0.15, 0.2) is 0 Å². The van der Waals surface area contributed by atoms with Crippen molar-refractivity contribution in [3.8, 4) is 5.75 Å². The van der Waals surface area contributed by atoms with Crippen LogP contribution in [0, 0.1) is 0 Å². The molecule has 1 heterocycles. The van der Waals surface area contributed by atoms with E-state index in [0.717, 1.165) is 19.3 Å². The number of hydrogen-bond donors (Lipinski definition) is 1. The Bertz CT molecular complexity index is 702. The fraction of sp³-hybridized carbons (Fsp3) is 0.588. The number of rotatable bonds is 4. The van der Waals surface area contributed by atoms with Gasteiger partial charge in [-0.3, -0.25) is 4.79 Å². The molecule has 1 saturated heterocycles. The molecule has 134 valence electrons. The summed E-state index contributed by atoms with van der Waals surface area (Å²) < 4.78 is 32.6. The highest BCUT2D eigenvalue weighted by Crippen LogP contribution is 2.29. The number of nitrogens with zero attached hydrogens (tertiary/aromatic N) is 1. The Hall–Kier alpha value is -1.60. The van der Waals surface area contributed by atoms with Crippen LogP contribution in [0.5, 0.6) is 5.75 Å². The fourth-order valence-corrected chi connectivity index (χ4v) is 4.38. The molecule has 0 spiro atoms. The van der Waals surface area contributed by atoms with Crippen LogP contribution in [0.4, 0.5) is 0 Å². The van der Waals surface area contributed by atoms with Gasteiger partial charge in [0.1, 0.15) is 10.6 Å². The van der Waals surface area contributed by atoms with E-state index in [4.69, 9.17) is 4.74 Å². The topological polar surface area (TPSA) is 75.7 Å². The van der Waals surface area contributed by atoms with E-state index in [-0.39, 0.29) is 16.6 Å². The van der Waals surface area contributed by atoms with Gasteiger partial charge in [-0.25, -0.2) is 8.42 Å². The maximum absolute atomic E-state index is 12.9. The zero-order chi connectivity index (χ0) is 18.0. The Morgan fingerprint density at radius 1 is 1.17 bits per heavy atom. The summed E-state index contributed by atoms with van der Waals surface area (Å²) in [6, 6.07) is 4.52. The first-order chi connectivity index (χ1) is 11.1. The van der Waals surface area contributed by atoms with Gasteiger partial charge in [-0.2, -0.15) is 4.31 Å². The average Bonchev–Trinajstić information content (AvgIpc) is 2.53. The number of carbonyl (C=O) groups is 1. The van der Waals surface area contributed by atoms with Crippen molar-refractivity contribution in [3.05, 3.63) is 23.8 Å². The average molecular weight is 354 g/mol. The van der Waals surface area contributed by atoms with Crippen molar-refractivity contribution in [3.63, 3.8) is 0 Å². The lowest BCUT2D eigenvalue weighted by Crippen LogP contribution is -2.40. The third kappa shape index (κ3) is 4.27. The Balaban J connectivity index is 2.40. The van der Waals surface area contributed by atoms with Gasteiger partial charge in [-0.05, 0) is 51.8 Å². The van der Waals surface area contributed by atoms with E-state index in [1.54, 1.807) is 6.07 Å². The summed E-state index contributed by atoms with van der Waals surface area (Å²) in [5.74, 6) is -0.0480. The molecular weight excluding hydrogens is 328 g/mol. The number of benzene rings is 1. The van der Waals surface area contributed by atoms with Crippen LogP contribution >= 0.6 is 0 Å². The summed E-state index contributed by atoms with van der Waals surface area (Å²) in [5.41, 5.74) is -0.0931. The molecule has 1 fully saturated rings. The number of piperidine rings is 1. The monoisotopic (exact) mass is 354 g/mol. The van der Waals surface area contributed by atoms with Gasteiger partial charge in [0.05, 0.1) is 7.11 Å². The largest absolute Gasteiger partial charge is 0.495 e. The molecule has 0 atom stereocenters. The Morgan fingerprint density at radius 2 is 1.79 bits per heavy atom. The summed E-state index contributed by atoms with van der Waals surface area (Å²) in [4.78, 5) is 12.4. The van der Waals surface area contributed by atoms with Crippen molar-refractivity contribution in [1.29, 1.82) is 0 Å². The predicted molar refractivity (Wildman–Crippen MR) is 92.8 cm³/mol. The number of hydrogen-bond acceptors (Lipinski definition) is 4. The molecule has 1 aromatic carbocycles. The van der Waals surface area contributed by atoms with Gasteiger partial charge >= 0.3 is 0 Å². The minimum Gasteiger partial charge on any atom is -0.495 e. The van der Waals surface area contributed by atoms with Crippen LogP contribution in [0.15, 0.2) is 23.1 Å². The molecule has 1 aliphatic rings. The van der Waals surface area contributed by atoms with E-state index in [1.807, 2.05) is 20.8 Å². The number of amides is 1. The molecule has 24 heavy (non-hydrogen) atoms. The molecule has 1 amide bonds. The molecule has 0 unspecified atom stereocenters. The number of ether oxygens (including phenoxy) is 1. The molecule has 1 aliphatic heterocycles. The van der Waals surface area contributed by atoms with Crippen LogP contribution in [0.2, 0.25) is 0 Å². The lowest BCUT2D eigenvalue weighted by molar-refractivity contribution is 0.0919. The molecule has 6 nitrogen and oxygen atoms in total. The number of carbonyl (C=O) groups excluding carboxylic acids is 1. The highest BCUT2D eigenvalue weighted by atomic mass is 32.2. The van der Waals surface area contributed by atoms with E-state index in [9.17, 15) is 13.2 Å². The Kier molecular flexibility index (Phi) is 5.55. The minimum atomic E-state index is -3.68. The van der Waals surface area contributed by atoms with Crippen LogP contribution < -0.4 is 10.1 Å². The summed E-state index contributed by atoms with van der Waals surface area (Å²) in [7, 11) is -2.25. The fourth-order valence-electron chi connectivity index (χ4n) is 2.68. The molecule has 0 aliphatic carbocycles. The molecule has 0 aromatic heterocycles. The van der Waals surface area contributed by atoms with Crippen molar-refractivity contribution in [2.45, 2.75) is 50.5 Å². The molecule has 1 aromatic rings. The number of nitrogens with one attached hydrogen (secondary N) is 1. The lowest BCUT2D eigenvalue weighted by atomic mass is 10.1. The summed E-state index contributed by atoms with van der Waals surface area (Å²) >= 11 is 0. The number of sulfonamides is 1. The van der Waals surface area contributed by atoms with Crippen molar-refractivity contribution >= 4 is 15.9 Å².